The molecule has 0 saturated carbocycles. The van der Waals surface area contributed by atoms with E-state index in [1.165, 1.54) is 0 Å². The molecule has 1 heterocycles. The number of hydrogen-bond acceptors (Lipinski definition) is 3. The third-order valence-corrected chi connectivity index (χ3v) is 3.25. The first-order chi connectivity index (χ1) is 8.72. The largest absolute Gasteiger partial charge is 0.342 e. The molecule has 5 heteroatoms. The predicted molar refractivity (Wildman–Crippen MR) is 74.9 cm³/mol. The number of aromatic nitrogens is 2. The number of fused-ring (bicyclic) bond motifs is 1. The second-order valence-electron chi connectivity index (χ2n) is 4.03. The Balaban J connectivity index is 2.22. The van der Waals surface area contributed by atoms with Gasteiger partial charge in [-0.2, -0.15) is 0 Å². The highest BCUT2D eigenvalue weighted by atomic mass is 79.9. The van der Waals surface area contributed by atoms with Crippen molar-refractivity contribution in [2.75, 3.05) is 18.9 Å². The van der Waals surface area contributed by atoms with Crippen molar-refractivity contribution in [1.82, 2.24) is 14.9 Å². The lowest BCUT2D eigenvalue weighted by atomic mass is 10.1. The minimum Gasteiger partial charge on any atom is -0.342 e. The molecule has 0 unspecified atom stereocenters. The quantitative estimate of drug-likeness (QED) is 0.815. The molecule has 2 rings (SSSR count). The van der Waals surface area contributed by atoms with Gasteiger partial charge in [-0.15, -0.1) is 0 Å². The van der Waals surface area contributed by atoms with E-state index in [1.54, 1.807) is 29.4 Å². The zero-order valence-electron chi connectivity index (χ0n) is 10.1. The maximum absolute atomic E-state index is 12.2. The molecule has 0 bridgehead atoms. The summed E-state index contributed by atoms with van der Waals surface area (Å²) in [4.78, 5) is 22.3. The molecule has 2 aromatic rings. The van der Waals surface area contributed by atoms with Crippen molar-refractivity contribution in [3.8, 4) is 0 Å². The number of hydrogen-bond donors (Lipinski definition) is 0. The molecule has 0 saturated heterocycles. The van der Waals surface area contributed by atoms with Crippen LogP contribution in [0.5, 0.6) is 0 Å². The number of nitrogens with zero attached hydrogens (tertiary/aromatic N) is 3. The maximum atomic E-state index is 12.2. The van der Waals surface area contributed by atoms with Crippen molar-refractivity contribution >= 4 is 32.9 Å². The van der Waals surface area contributed by atoms with Gasteiger partial charge in [-0.25, -0.2) is 0 Å². The molecule has 0 radical (unpaired) electrons. The summed E-state index contributed by atoms with van der Waals surface area (Å²) in [5.74, 6) is 0.0171. The summed E-state index contributed by atoms with van der Waals surface area (Å²) in [5.41, 5.74) is 2.20. The molecule has 0 aliphatic rings. The smallest absolute Gasteiger partial charge is 0.253 e. The first kappa shape index (κ1) is 13.0. The van der Waals surface area contributed by atoms with E-state index in [9.17, 15) is 4.79 Å². The molecule has 0 N–H and O–H groups in total. The van der Waals surface area contributed by atoms with Gasteiger partial charge < -0.3 is 4.90 Å². The van der Waals surface area contributed by atoms with Crippen molar-refractivity contribution in [3.05, 3.63) is 36.2 Å². The lowest BCUT2D eigenvalue weighted by molar-refractivity contribution is 0.0796. The van der Waals surface area contributed by atoms with Gasteiger partial charge in [0.1, 0.15) is 0 Å². The summed E-state index contributed by atoms with van der Waals surface area (Å²) in [6.07, 6.45) is 4.21. The molecule has 0 aliphatic heterocycles. The molecule has 94 valence electrons. The fourth-order valence-corrected chi connectivity index (χ4v) is 1.97. The molecule has 0 aliphatic carbocycles. The van der Waals surface area contributed by atoms with Gasteiger partial charge in [0.15, 0.2) is 0 Å². The van der Waals surface area contributed by atoms with E-state index in [0.29, 0.717) is 5.56 Å². The van der Waals surface area contributed by atoms with Crippen LogP contribution < -0.4 is 0 Å². The Hall–Kier alpha value is -1.49. The molecule has 0 atom stereocenters. The zero-order valence-corrected chi connectivity index (χ0v) is 11.7. The number of rotatable bonds is 4. The van der Waals surface area contributed by atoms with Gasteiger partial charge in [-0.05, 0) is 24.6 Å². The normalized spacial score (nSPS) is 10.6. The fraction of sp³-hybridized carbons (Fsp3) is 0.308. The first-order valence-electron chi connectivity index (χ1n) is 5.74. The topological polar surface area (TPSA) is 46.1 Å². The Morgan fingerprint density at radius 3 is 2.72 bits per heavy atom. The Bertz CT molecular complexity index is 559. The van der Waals surface area contributed by atoms with Crippen LogP contribution in [-0.4, -0.2) is 39.7 Å². The molecule has 1 aromatic heterocycles. The molecular formula is C13H14BrN3O. The second-order valence-corrected chi connectivity index (χ2v) is 4.82. The standard InChI is InChI=1S/C13H14BrN3O/c1-17(8-2-5-14)13(18)10-3-4-11-12(9-10)16-7-6-15-11/h3-4,6-7,9H,2,5,8H2,1H3. The second kappa shape index (κ2) is 5.91. The Labute approximate surface area is 114 Å². The van der Waals surface area contributed by atoms with Crippen LogP contribution in [-0.2, 0) is 0 Å². The fourth-order valence-electron chi connectivity index (χ4n) is 1.72. The number of halogens is 1. The van der Waals surface area contributed by atoms with Crippen LogP contribution >= 0.6 is 15.9 Å². The SMILES string of the molecule is CN(CCCBr)C(=O)c1ccc2nccnc2c1. The van der Waals surface area contributed by atoms with Gasteiger partial charge in [0, 0.05) is 36.9 Å². The minimum absolute atomic E-state index is 0.0171. The van der Waals surface area contributed by atoms with E-state index < -0.39 is 0 Å². The summed E-state index contributed by atoms with van der Waals surface area (Å²) < 4.78 is 0. The van der Waals surface area contributed by atoms with Gasteiger partial charge in [0.2, 0.25) is 0 Å². The third-order valence-electron chi connectivity index (χ3n) is 2.69. The van der Waals surface area contributed by atoms with Crippen LogP contribution in [0.15, 0.2) is 30.6 Å². The Kier molecular flexibility index (Phi) is 4.25. The van der Waals surface area contributed by atoms with Crippen molar-refractivity contribution in [3.63, 3.8) is 0 Å². The highest BCUT2D eigenvalue weighted by molar-refractivity contribution is 9.09. The average Bonchev–Trinajstić information content (AvgIpc) is 2.43. The van der Waals surface area contributed by atoms with Gasteiger partial charge >= 0.3 is 0 Å². The molecule has 1 aromatic carbocycles. The van der Waals surface area contributed by atoms with E-state index in [0.717, 1.165) is 29.3 Å². The van der Waals surface area contributed by atoms with E-state index >= 15 is 0 Å². The number of amides is 1. The summed E-state index contributed by atoms with van der Waals surface area (Å²) in [6, 6.07) is 5.41. The van der Waals surface area contributed by atoms with Crippen molar-refractivity contribution in [2.45, 2.75) is 6.42 Å². The van der Waals surface area contributed by atoms with Crippen LogP contribution in [0.1, 0.15) is 16.8 Å². The van der Waals surface area contributed by atoms with Gasteiger partial charge in [-0.1, -0.05) is 15.9 Å². The summed E-state index contributed by atoms with van der Waals surface area (Å²) in [5, 5.41) is 0.897. The van der Waals surface area contributed by atoms with Crippen LogP contribution in [0, 0.1) is 0 Å². The zero-order chi connectivity index (χ0) is 13.0. The Morgan fingerprint density at radius 1 is 1.28 bits per heavy atom. The van der Waals surface area contributed by atoms with E-state index in [2.05, 4.69) is 25.9 Å². The molecular weight excluding hydrogens is 294 g/mol. The molecule has 4 nitrogen and oxygen atoms in total. The third kappa shape index (κ3) is 2.85. The molecule has 18 heavy (non-hydrogen) atoms. The summed E-state index contributed by atoms with van der Waals surface area (Å²) in [7, 11) is 1.81. The highest BCUT2D eigenvalue weighted by Crippen LogP contribution is 2.12. The van der Waals surface area contributed by atoms with E-state index in [1.807, 2.05) is 13.1 Å². The lowest BCUT2D eigenvalue weighted by Crippen LogP contribution is -2.27. The highest BCUT2D eigenvalue weighted by Gasteiger charge is 2.11. The van der Waals surface area contributed by atoms with Crippen LogP contribution in [0.3, 0.4) is 0 Å². The van der Waals surface area contributed by atoms with Gasteiger partial charge in [0.25, 0.3) is 5.91 Å². The number of alkyl halides is 1. The van der Waals surface area contributed by atoms with Crippen molar-refractivity contribution in [1.29, 1.82) is 0 Å². The summed E-state index contributed by atoms with van der Waals surface area (Å²) in [6.45, 7) is 0.739. The number of carbonyl (C=O) groups is 1. The average molecular weight is 308 g/mol. The van der Waals surface area contributed by atoms with Gasteiger partial charge in [0.05, 0.1) is 11.0 Å². The monoisotopic (exact) mass is 307 g/mol. The Morgan fingerprint density at radius 2 is 2.00 bits per heavy atom. The van der Waals surface area contributed by atoms with Crippen LogP contribution in [0.25, 0.3) is 11.0 Å². The van der Waals surface area contributed by atoms with Crippen LogP contribution in [0.2, 0.25) is 0 Å². The maximum Gasteiger partial charge on any atom is 0.253 e. The van der Waals surface area contributed by atoms with Crippen LogP contribution in [0.4, 0.5) is 0 Å². The van der Waals surface area contributed by atoms with E-state index in [-0.39, 0.29) is 5.91 Å². The van der Waals surface area contributed by atoms with Crippen molar-refractivity contribution in [2.24, 2.45) is 0 Å². The predicted octanol–water partition coefficient (Wildman–Crippen LogP) is 2.49. The summed E-state index contributed by atoms with van der Waals surface area (Å²) >= 11 is 3.36. The van der Waals surface area contributed by atoms with E-state index in [4.69, 9.17) is 0 Å². The number of carbonyl (C=O) groups excluding carboxylic acids is 1. The lowest BCUT2D eigenvalue weighted by Gasteiger charge is -2.16. The minimum atomic E-state index is 0.0171. The van der Waals surface area contributed by atoms with Gasteiger partial charge in [-0.3, -0.25) is 14.8 Å². The molecule has 0 spiro atoms. The molecule has 0 fully saturated rings. The first-order valence-corrected chi connectivity index (χ1v) is 6.86. The molecule has 1 amide bonds. The number of benzene rings is 1. The van der Waals surface area contributed by atoms with Crippen molar-refractivity contribution < 1.29 is 4.79 Å².